The summed E-state index contributed by atoms with van der Waals surface area (Å²) in [6.07, 6.45) is 1.98. The van der Waals surface area contributed by atoms with Crippen molar-refractivity contribution >= 4 is 33.4 Å². The molecule has 3 rings (SSSR count). The third kappa shape index (κ3) is 4.03. The van der Waals surface area contributed by atoms with Gasteiger partial charge in [-0.15, -0.1) is 0 Å². The molecule has 5 heteroatoms. The standard InChI is InChI=1S/C19H19BrN2O2/c1-12(21-19(24)16-4-2-3-5-17(16)20)13-8-10-15(11-9-13)22-18(23)14-6-7-14/h2-5,8-12,14H,6-7H2,1H3,(H,21,24)(H,22,23). The number of rotatable bonds is 5. The SMILES string of the molecule is CC(NC(=O)c1ccccc1Br)c1ccc(NC(=O)C2CC2)cc1. The van der Waals surface area contributed by atoms with Crippen LogP contribution in [0.5, 0.6) is 0 Å². The smallest absolute Gasteiger partial charge is 0.252 e. The zero-order valence-electron chi connectivity index (χ0n) is 13.4. The Morgan fingerprint density at radius 3 is 2.38 bits per heavy atom. The van der Waals surface area contributed by atoms with Crippen molar-refractivity contribution in [2.75, 3.05) is 5.32 Å². The molecule has 1 aliphatic carbocycles. The number of halogens is 1. The van der Waals surface area contributed by atoms with E-state index in [4.69, 9.17) is 0 Å². The van der Waals surface area contributed by atoms with Gasteiger partial charge in [0.05, 0.1) is 11.6 Å². The van der Waals surface area contributed by atoms with Crippen LogP contribution >= 0.6 is 15.9 Å². The van der Waals surface area contributed by atoms with E-state index in [0.717, 1.165) is 28.6 Å². The molecule has 2 amide bonds. The minimum atomic E-state index is -0.127. The molecule has 1 aliphatic rings. The molecule has 0 bridgehead atoms. The van der Waals surface area contributed by atoms with Gasteiger partial charge in [0.2, 0.25) is 5.91 Å². The molecule has 2 N–H and O–H groups in total. The van der Waals surface area contributed by atoms with E-state index < -0.39 is 0 Å². The van der Waals surface area contributed by atoms with Gasteiger partial charge >= 0.3 is 0 Å². The van der Waals surface area contributed by atoms with E-state index in [-0.39, 0.29) is 23.8 Å². The van der Waals surface area contributed by atoms with Crippen molar-refractivity contribution in [2.45, 2.75) is 25.8 Å². The summed E-state index contributed by atoms with van der Waals surface area (Å²) >= 11 is 3.39. The molecule has 124 valence electrons. The van der Waals surface area contributed by atoms with Gasteiger partial charge in [-0.2, -0.15) is 0 Å². The summed E-state index contributed by atoms with van der Waals surface area (Å²) in [6.45, 7) is 1.94. The van der Waals surface area contributed by atoms with Crippen molar-refractivity contribution in [1.29, 1.82) is 0 Å². The number of carbonyl (C=O) groups is 2. The molecule has 0 spiro atoms. The summed E-state index contributed by atoms with van der Waals surface area (Å²) in [7, 11) is 0. The molecule has 2 aromatic rings. The third-order valence-electron chi connectivity index (χ3n) is 4.09. The highest BCUT2D eigenvalue weighted by Gasteiger charge is 2.29. The molecule has 0 saturated heterocycles. The third-order valence-corrected chi connectivity index (χ3v) is 4.78. The first-order chi connectivity index (χ1) is 11.5. The van der Waals surface area contributed by atoms with Crippen molar-refractivity contribution in [1.82, 2.24) is 5.32 Å². The molecule has 1 atom stereocenters. The molecule has 24 heavy (non-hydrogen) atoms. The average molecular weight is 387 g/mol. The van der Waals surface area contributed by atoms with Gasteiger partial charge in [0.1, 0.15) is 0 Å². The minimum Gasteiger partial charge on any atom is -0.345 e. The van der Waals surface area contributed by atoms with E-state index in [0.29, 0.717) is 5.56 Å². The minimum absolute atomic E-state index is 0.0954. The fourth-order valence-corrected chi connectivity index (χ4v) is 2.91. The van der Waals surface area contributed by atoms with Gasteiger partial charge in [0, 0.05) is 16.1 Å². The fourth-order valence-electron chi connectivity index (χ4n) is 2.45. The highest BCUT2D eigenvalue weighted by molar-refractivity contribution is 9.10. The van der Waals surface area contributed by atoms with Crippen LogP contribution in [0.1, 0.15) is 41.7 Å². The Morgan fingerprint density at radius 1 is 1.08 bits per heavy atom. The average Bonchev–Trinajstić information content (AvgIpc) is 3.40. The summed E-state index contributed by atoms with van der Waals surface area (Å²) < 4.78 is 0.771. The molecule has 4 nitrogen and oxygen atoms in total. The highest BCUT2D eigenvalue weighted by Crippen LogP contribution is 2.30. The summed E-state index contributed by atoms with van der Waals surface area (Å²) in [6, 6.07) is 14.8. The second-order valence-electron chi connectivity index (χ2n) is 6.06. The van der Waals surface area contributed by atoms with Gasteiger partial charge in [-0.05, 0) is 65.5 Å². The molecule has 0 radical (unpaired) electrons. The quantitative estimate of drug-likeness (QED) is 0.804. The Bertz CT molecular complexity index is 754. The first kappa shape index (κ1) is 16.7. The molecular formula is C19H19BrN2O2. The zero-order valence-corrected chi connectivity index (χ0v) is 15.0. The van der Waals surface area contributed by atoms with Crippen LogP contribution in [0.4, 0.5) is 5.69 Å². The van der Waals surface area contributed by atoms with Crippen LogP contribution in [-0.2, 0) is 4.79 Å². The number of benzene rings is 2. The molecule has 1 saturated carbocycles. The molecule has 1 unspecified atom stereocenters. The van der Waals surface area contributed by atoms with Gasteiger partial charge in [-0.1, -0.05) is 24.3 Å². The van der Waals surface area contributed by atoms with Crippen LogP contribution < -0.4 is 10.6 Å². The van der Waals surface area contributed by atoms with Crippen LogP contribution in [-0.4, -0.2) is 11.8 Å². The summed E-state index contributed by atoms with van der Waals surface area (Å²) in [5.74, 6) is 0.159. The van der Waals surface area contributed by atoms with Crippen molar-refractivity contribution in [3.63, 3.8) is 0 Å². The molecular weight excluding hydrogens is 368 g/mol. The van der Waals surface area contributed by atoms with Gasteiger partial charge < -0.3 is 10.6 Å². The van der Waals surface area contributed by atoms with Crippen molar-refractivity contribution in [3.05, 3.63) is 64.1 Å². The largest absolute Gasteiger partial charge is 0.345 e. The molecule has 1 fully saturated rings. The monoisotopic (exact) mass is 386 g/mol. The van der Waals surface area contributed by atoms with Crippen LogP contribution in [0, 0.1) is 5.92 Å². The van der Waals surface area contributed by atoms with Crippen LogP contribution in [0.15, 0.2) is 53.0 Å². The fraction of sp³-hybridized carbons (Fsp3) is 0.263. The van der Waals surface area contributed by atoms with E-state index in [9.17, 15) is 9.59 Å². The van der Waals surface area contributed by atoms with Crippen LogP contribution in [0.2, 0.25) is 0 Å². The Hall–Kier alpha value is -2.14. The number of carbonyl (C=O) groups excluding carboxylic acids is 2. The van der Waals surface area contributed by atoms with E-state index in [1.807, 2.05) is 49.4 Å². The number of hydrogen-bond acceptors (Lipinski definition) is 2. The van der Waals surface area contributed by atoms with E-state index in [1.165, 1.54) is 0 Å². The van der Waals surface area contributed by atoms with Crippen LogP contribution in [0.25, 0.3) is 0 Å². The van der Waals surface area contributed by atoms with Gasteiger partial charge in [0.15, 0.2) is 0 Å². The van der Waals surface area contributed by atoms with Crippen LogP contribution in [0.3, 0.4) is 0 Å². The summed E-state index contributed by atoms with van der Waals surface area (Å²) in [4.78, 5) is 24.1. The van der Waals surface area contributed by atoms with Gasteiger partial charge in [-0.3, -0.25) is 9.59 Å². The lowest BCUT2D eigenvalue weighted by atomic mass is 10.1. The maximum atomic E-state index is 12.3. The predicted octanol–water partition coefficient (Wildman–Crippen LogP) is 4.29. The number of nitrogens with one attached hydrogen (secondary N) is 2. The molecule has 2 aromatic carbocycles. The molecule has 0 aromatic heterocycles. The molecule has 0 heterocycles. The van der Waals surface area contributed by atoms with E-state index in [1.54, 1.807) is 6.07 Å². The Kier molecular flexibility index (Phi) is 5.00. The topological polar surface area (TPSA) is 58.2 Å². The lowest BCUT2D eigenvalue weighted by Crippen LogP contribution is -2.26. The van der Waals surface area contributed by atoms with Gasteiger partial charge in [0.25, 0.3) is 5.91 Å². The predicted molar refractivity (Wildman–Crippen MR) is 97.8 cm³/mol. The second-order valence-corrected chi connectivity index (χ2v) is 6.91. The maximum Gasteiger partial charge on any atom is 0.252 e. The van der Waals surface area contributed by atoms with Crippen molar-refractivity contribution < 1.29 is 9.59 Å². The summed E-state index contributed by atoms with van der Waals surface area (Å²) in [5.41, 5.74) is 2.39. The lowest BCUT2D eigenvalue weighted by molar-refractivity contribution is -0.117. The number of amides is 2. The van der Waals surface area contributed by atoms with Crippen molar-refractivity contribution in [2.24, 2.45) is 5.92 Å². The normalized spacial score (nSPS) is 14.8. The number of anilines is 1. The number of hydrogen-bond donors (Lipinski definition) is 2. The first-order valence-corrected chi connectivity index (χ1v) is 8.80. The Balaban J connectivity index is 1.62. The highest BCUT2D eigenvalue weighted by atomic mass is 79.9. The van der Waals surface area contributed by atoms with Gasteiger partial charge in [-0.25, -0.2) is 0 Å². The van der Waals surface area contributed by atoms with E-state index in [2.05, 4.69) is 26.6 Å². The summed E-state index contributed by atoms with van der Waals surface area (Å²) in [5, 5.41) is 5.90. The first-order valence-electron chi connectivity index (χ1n) is 8.01. The Morgan fingerprint density at radius 2 is 1.75 bits per heavy atom. The second kappa shape index (κ2) is 7.18. The molecule has 0 aliphatic heterocycles. The lowest BCUT2D eigenvalue weighted by Gasteiger charge is -2.15. The zero-order chi connectivity index (χ0) is 17.1. The maximum absolute atomic E-state index is 12.3. The van der Waals surface area contributed by atoms with Crippen molar-refractivity contribution in [3.8, 4) is 0 Å². The van der Waals surface area contributed by atoms with E-state index >= 15 is 0 Å². The Labute approximate surface area is 149 Å².